The van der Waals surface area contributed by atoms with E-state index in [2.05, 4.69) is 56.7 Å². The van der Waals surface area contributed by atoms with E-state index in [-0.39, 0.29) is 67.3 Å². The van der Waals surface area contributed by atoms with Gasteiger partial charge in [-0.15, -0.1) is 0 Å². The van der Waals surface area contributed by atoms with Gasteiger partial charge in [0.05, 0.1) is 18.1 Å². The normalized spacial score (nSPS) is 16.7. The fraction of sp³-hybridized carbons (Fsp3) is 0.393. The van der Waals surface area contributed by atoms with E-state index in [0.717, 1.165) is 58.0 Å². The molecule has 3 N–H and O–H groups in total. The number of aliphatic hydroxyl groups is 2. The first-order valence-electron chi connectivity index (χ1n) is 24.0. The average molecular weight is 974 g/mol. The summed E-state index contributed by atoms with van der Waals surface area (Å²) in [6.07, 6.45) is -1.54. The van der Waals surface area contributed by atoms with Gasteiger partial charge in [-0.25, -0.2) is 13.1 Å². The minimum absolute atomic E-state index is 0.0222. The van der Waals surface area contributed by atoms with E-state index in [9.17, 15) is 18.6 Å². The first-order valence-corrected chi connectivity index (χ1v) is 25.5. The molecule has 70 heavy (non-hydrogen) atoms. The van der Waals surface area contributed by atoms with Crippen molar-refractivity contribution in [1.82, 2.24) is 9.62 Å². The van der Waals surface area contributed by atoms with Gasteiger partial charge in [-0.3, -0.25) is 4.90 Å². The summed E-state index contributed by atoms with van der Waals surface area (Å²) in [5.41, 5.74) is 4.80. The van der Waals surface area contributed by atoms with Crippen LogP contribution >= 0.6 is 0 Å². The van der Waals surface area contributed by atoms with E-state index >= 15 is 0 Å². The van der Waals surface area contributed by atoms with Crippen LogP contribution in [-0.2, 0) is 30.3 Å². The predicted molar refractivity (Wildman–Crippen MR) is 273 cm³/mol. The van der Waals surface area contributed by atoms with Crippen LogP contribution in [0, 0.1) is 0 Å². The monoisotopic (exact) mass is 973 g/mol. The molecule has 2 fully saturated rings. The predicted octanol–water partition coefficient (Wildman–Crippen LogP) is 7.57. The molecule has 0 radical (unpaired) electrons. The fourth-order valence-corrected chi connectivity index (χ4v) is 9.80. The third kappa shape index (κ3) is 13.2. The van der Waals surface area contributed by atoms with Crippen LogP contribution in [0.5, 0.6) is 23.0 Å². The van der Waals surface area contributed by atoms with Gasteiger partial charge < -0.3 is 43.5 Å². The van der Waals surface area contributed by atoms with Crippen molar-refractivity contribution in [1.29, 1.82) is 0 Å². The zero-order valence-electron chi connectivity index (χ0n) is 41.0. The second kappa shape index (κ2) is 22.2. The summed E-state index contributed by atoms with van der Waals surface area (Å²) < 4.78 is 64.7. The third-order valence-electron chi connectivity index (χ3n) is 13.2. The molecule has 4 atom stereocenters. The van der Waals surface area contributed by atoms with Crippen LogP contribution in [0.1, 0.15) is 49.9 Å². The Balaban J connectivity index is 0.881. The minimum atomic E-state index is -3.94. The topological polar surface area (TPSA) is 155 Å². The molecule has 0 saturated carbocycles. The molecule has 372 valence electrons. The lowest BCUT2D eigenvalue weighted by Crippen LogP contribution is -2.44. The van der Waals surface area contributed by atoms with Crippen molar-refractivity contribution >= 4 is 26.5 Å². The maximum absolute atomic E-state index is 13.8. The molecule has 0 aromatic heterocycles. The van der Waals surface area contributed by atoms with Crippen LogP contribution in [0.3, 0.4) is 0 Å². The van der Waals surface area contributed by atoms with Crippen molar-refractivity contribution in [2.75, 3.05) is 84.8 Å². The van der Waals surface area contributed by atoms with Crippen LogP contribution < -0.4 is 28.6 Å². The van der Waals surface area contributed by atoms with Crippen LogP contribution in [0.15, 0.2) is 138 Å². The number of nitrogens with zero attached hydrogens (tertiary/aromatic N) is 2. The van der Waals surface area contributed by atoms with Gasteiger partial charge in [0.2, 0.25) is 10.0 Å². The van der Waals surface area contributed by atoms with E-state index in [1.165, 1.54) is 0 Å². The number of sulfonamides is 1. The highest BCUT2D eigenvalue weighted by atomic mass is 32.2. The van der Waals surface area contributed by atoms with Gasteiger partial charge in [0.1, 0.15) is 73.8 Å². The molecule has 8 rings (SSSR count). The van der Waals surface area contributed by atoms with Crippen LogP contribution in [0.2, 0.25) is 0 Å². The summed E-state index contributed by atoms with van der Waals surface area (Å²) in [4.78, 5) is 3.95. The number of ether oxygens (including phenoxy) is 6. The van der Waals surface area contributed by atoms with E-state index in [1.54, 1.807) is 12.1 Å². The number of hydrogen-bond donors (Lipinski definition) is 3. The van der Waals surface area contributed by atoms with E-state index < -0.39 is 22.2 Å². The number of anilines is 1. The number of epoxide rings is 2. The Kier molecular flexibility index (Phi) is 16.0. The van der Waals surface area contributed by atoms with Gasteiger partial charge in [-0.05, 0) is 82.9 Å². The first-order chi connectivity index (χ1) is 33.5. The molecule has 0 amide bonds. The Labute approximate surface area is 412 Å². The lowest BCUT2D eigenvalue weighted by molar-refractivity contribution is 0.0322. The average Bonchev–Trinajstić information content (AvgIpc) is 4.31. The first kappa shape index (κ1) is 50.7. The summed E-state index contributed by atoms with van der Waals surface area (Å²) in [5, 5.41) is 24.1. The Hall–Kier alpha value is -5.71. The van der Waals surface area contributed by atoms with Crippen molar-refractivity contribution in [3.63, 3.8) is 0 Å². The molecule has 2 aliphatic heterocycles. The highest BCUT2D eigenvalue weighted by Gasteiger charge is 2.28. The molecule has 6 aromatic carbocycles. The van der Waals surface area contributed by atoms with Gasteiger partial charge in [-0.1, -0.05) is 100 Å². The Bertz CT molecular complexity index is 2610. The molecule has 6 aromatic rings. The second-order valence-electron chi connectivity index (χ2n) is 19.5. The van der Waals surface area contributed by atoms with Gasteiger partial charge in [-0.2, -0.15) is 0 Å². The molecule has 0 spiro atoms. The molecule has 2 saturated heterocycles. The number of nitrogens with one attached hydrogen (secondary N) is 1. The van der Waals surface area contributed by atoms with Gasteiger partial charge >= 0.3 is 0 Å². The molecule has 14 heteroatoms. The van der Waals surface area contributed by atoms with Crippen molar-refractivity contribution < 1.29 is 47.1 Å². The van der Waals surface area contributed by atoms with Crippen LogP contribution in [-0.4, -0.2) is 128 Å². The van der Waals surface area contributed by atoms with Crippen molar-refractivity contribution in [2.45, 2.75) is 67.8 Å². The maximum atomic E-state index is 13.8. The van der Waals surface area contributed by atoms with Crippen LogP contribution in [0.4, 0.5) is 5.69 Å². The van der Waals surface area contributed by atoms with Crippen LogP contribution in [0.25, 0.3) is 10.8 Å². The lowest BCUT2D eigenvalue weighted by Gasteiger charge is -2.28. The van der Waals surface area contributed by atoms with E-state index in [4.69, 9.17) is 28.4 Å². The Morgan fingerprint density at radius 2 is 0.971 bits per heavy atom. The summed E-state index contributed by atoms with van der Waals surface area (Å²) in [7, 11) is -0.0936. The Morgan fingerprint density at radius 3 is 1.37 bits per heavy atom. The largest absolute Gasteiger partial charge is 0.491 e. The quantitative estimate of drug-likeness (QED) is 0.0460. The number of rotatable bonds is 26. The standard InChI is InChI=1S/C56H67N3O10S/c1-55(2,41-17-25-47(26-18-41)66-35-49-37-68-49)39-13-21-45(22-14-39)64-33-43(60)31-59(30-29-57-70(62,63)54-12-8-9-51-52(54)10-7-11-53(51)58(5)6)32-44(61)34-65-46-23-15-40(16-24-46)56(3,4)42-19-27-48(28-20-42)67-36-50-38-69-50/h7-28,43-44,49-50,57,60-61H,29-38H2,1-6H3. The smallest absolute Gasteiger partial charge is 0.241 e. The van der Waals surface area contributed by atoms with E-state index in [0.29, 0.717) is 30.1 Å². The fourth-order valence-electron chi connectivity index (χ4n) is 8.56. The second-order valence-corrected chi connectivity index (χ2v) is 21.2. The van der Waals surface area contributed by atoms with Crippen molar-refractivity contribution in [3.05, 3.63) is 156 Å². The molecule has 2 heterocycles. The molecular formula is C56H67N3O10S. The van der Waals surface area contributed by atoms with Gasteiger partial charge in [0.15, 0.2) is 0 Å². The molecule has 13 nitrogen and oxygen atoms in total. The van der Waals surface area contributed by atoms with Crippen molar-refractivity contribution in [3.8, 4) is 23.0 Å². The molecular weight excluding hydrogens is 907 g/mol. The summed E-state index contributed by atoms with van der Waals surface area (Å²) in [5.74, 6) is 2.82. The SMILES string of the molecule is CN(C)c1cccc2c(S(=O)(=O)NCCN(CC(O)COc3ccc(C(C)(C)c4ccc(OCC5CO5)cc4)cc3)CC(O)COc3ccc(C(C)(C)c4ccc(OCC5CO5)cc4)cc3)cccc12. The lowest BCUT2D eigenvalue weighted by atomic mass is 9.78. The summed E-state index contributed by atoms with van der Waals surface area (Å²) in [6.45, 7) is 11.7. The number of fused-ring (bicyclic) bond motifs is 1. The number of aliphatic hydroxyl groups excluding tert-OH is 2. The van der Waals surface area contributed by atoms with Crippen molar-refractivity contribution in [2.24, 2.45) is 0 Å². The van der Waals surface area contributed by atoms with Gasteiger partial charge in [0, 0.05) is 67.6 Å². The maximum Gasteiger partial charge on any atom is 0.241 e. The summed E-state index contributed by atoms with van der Waals surface area (Å²) >= 11 is 0. The number of hydrogen-bond acceptors (Lipinski definition) is 12. The minimum Gasteiger partial charge on any atom is -0.491 e. The molecule has 0 bridgehead atoms. The number of benzene rings is 6. The zero-order valence-corrected chi connectivity index (χ0v) is 41.9. The highest BCUT2D eigenvalue weighted by Crippen LogP contribution is 2.36. The van der Waals surface area contributed by atoms with E-state index in [1.807, 2.05) is 121 Å². The summed E-state index contributed by atoms with van der Waals surface area (Å²) in [6, 6.07) is 42.8. The highest BCUT2D eigenvalue weighted by molar-refractivity contribution is 7.89. The Morgan fingerprint density at radius 1 is 0.586 bits per heavy atom. The molecule has 4 unspecified atom stereocenters. The molecule has 2 aliphatic rings. The molecule has 0 aliphatic carbocycles. The zero-order chi connectivity index (χ0) is 49.5. The van der Waals surface area contributed by atoms with Gasteiger partial charge in [0.25, 0.3) is 0 Å². The third-order valence-corrected chi connectivity index (χ3v) is 14.7.